The van der Waals surface area contributed by atoms with Gasteiger partial charge >= 0.3 is 0 Å². The molecule has 2 aromatic heterocycles. The zero-order chi connectivity index (χ0) is 11.2. The van der Waals surface area contributed by atoms with E-state index in [1.807, 2.05) is 18.3 Å². The Morgan fingerprint density at radius 2 is 2.25 bits per heavy atom. The van der Waals surface area contributed by atoms with Crippen molar-refractivity contribution in [3.8, 4) is 0 Å². The summed E-state index contributed by atoms with van der Waals surface area (Å²) in [5.41, 5.74) is 1.17. The normalized spacial score (nSPS) is 10.1. The minimum absolute atomic E-state index is 0.145. The second kappa shape index (κ2) is 5.37. The van der Waals surface area contributed by atoms with Crippen LogP contribution >= 0.6 is 11.6 Å². The molecular weight excluding hydrogens is 226 g/mol. The van der Waals surface area contributed by atoms with Crippen LogP contribution in [0.3, 0.4) is 0 Å². The average molecular weight is 236 g/mol. The van der Waals surface area contributed by atoms with E-state index in [4.69, 9.17) is 11.6 Å². The molecule has 0 saturated carbocycles. The van der Waals surface area contributed by atoms with E-state index in [1.165, 1.54) is 11.8 Å². The second-order valence-electron chi connectivity index (χ2n) is 3.15. The van der Waals surface area contributed by atoms with Crippen LogP contribution < -0.4 is 5.32 Å². The summed E-state index contributed by atoms with van der Waals surface area (Å²) in [6, 6.07) is 3.94. The minimum Gasteiger partial charge on any atom is -0.368 e. The van der Waals surface area contributed by atoms with Crippen LogP contribution in [0.25, 0.3) is 0 Å². The fraction of sp³-hybridized carbons (Fsp3) is 0.200. The van der Waals surface area contributed by atoms with Crippen molar-refractivity contribution in [2.45, 2.75) is 6.42 Å². The SMILES string of the molecule is Clc1nncc(NCCc2cccnc2)n1. The van der Waals surface area contributed by atoms with Gasteiger partial charge < -0.3 is 5.32 Å². The van der Waals surface area contributed by atoms with E-state index in [0.717, 1.165) is 13.0 Å². The van der Waals surface area contributed by atoms with Crippen LogP contribution in [-0.4, -0.2) is 26.7 Å². The maximum atomic E-state index is 5.61. The number of nitrogens with zero attached hydrogens (tertiary/aromatic N) is 4. The van der Waals surface area contributed by atoms with Gasteiger partial charge in [0.1, 0.15) is 5.82 Å². The molecule has 0 aromatic carbocycles. The molecule has 16 heavy (non-hydrogen) atoms. The summed E-state index contributed by atoms with van der Waals surface area (Å²) in [4.78, 5) is 8.01. The summed E-state index contributed by atoms with van der Waals surface area (Å²) in [6.07, 6.45) is 6.00. The minimum atomic E-state index is 0.145. The fourth-order valence-electron chi connectivity index (χ4n) is 1.25. The first-order valence-electron chi connectivity index (χ1n) is 4.82. The predicted octanol–water partition coefficient (Wildman–Crippen LogP) is 1.57. The number of halogens is 1. The van der Waals surface area contributed by atoms with Gasteiger partial charge in [-0.25, -0.2) is 0 Å². The van der Waals surface area contributed by atoms with Crippen LogP contribution in [0.5, 0.6) is 0 Å². The standard InChI is InChI=1S/C10H10ClN5/c11-10-15-9(7-14-16-10)13-5-3-8-2-1-4-12-6-8/h1-2,4,6-7H,3,5H2,(H,13,15,16). The molecule has 0 amide bonds. The van der Waals surface area contributed by atoms with Crippen LogP contribution in [0, 0.1) is 0 Å². The van der Waals surface area contributed by atoms with Crippen LogP contribution in [0.15, 0.2) is 30.7 Å². The highest BCUT2D eigenvalue weighted by molar-refractivity contribution is 6.28. The Bertz CT molecular complexity index is 448. The van der Waals surface area contributed by atoms with Gasteiger partial charge in [-0.3, -0.25) is 4.98 Å². The van der Waals surface area contributed by atoms with Crippen LogP contribution in [0.2, 0.25) is 5.28 Å². The molecule has 0 spiro atoms. The van der Waals surface area contributed by atoms with Crippen LogP contribution in [-0.2, 0) is 6.42 Å². The Balaban J connectivity index is 1.85. The third-order valence-corrected chi connectivity index (χ3v) is 2.14. The first-order valence-corrected chi connectivity index (χ1v) is 5.20. The van der Waals surface area contributed by atoms with Gasteiger partial charge in [-0.15, -0.1) is 5.10 Å². The molecule has 0 bridgehead atoms. The highest BCUT2D eigenvalue weighted by atomic mass is 35.5. The summed E-state index contributed by atoms with van der Waals surface area (Å²) in [5.74, 6) is 0.629. The van der Waals surface area contributed by atoms with Crippen molar-refractivity contribution in [1.29, 1.82) is 0 Å². The van der Waals surface area contributed by atoms with Gasteiger partial charge in [0.2, 0.25) is 5.28 Å². The van der Waals surface area contributed by atoms with Gasteiger partial charge in [0.15, 0.2) is 0 Å². The number of rotatable bonds is 4. The number of nitrogens with one attached hydrogen (secondary N) is 1. The lowest BCUT2D eigenvalue weighted by Crippen LogP contribution is -2.07. The first kappa shape index (κ1) is 10.8. The lowest BCUT2D eigenvalue weighted by atomic mass is 10.2. The Labute approximate surface area is 97.9 Å². The smallest absolute Gasteiger partial charge is 0.244 e. The molecule has 1 N–H and O–H groups in total. The van der Waals surface area contributed by atoms with Crippen LogP contribution in [0.1, 0.15) is 5.56 Å². The molecule has 0 aliphatic heterocycles. The van der Waals surface area contributed by atoms with Gasteiger partial charge in [-0.1, -0.05) is 6.07 Å². The summed E-state index contributed by atoms with van der Waals surface area (Å²) in [5, 5.41) is 10.5. The zero-order valence-corrected chi connectivity index (χ0v) is 9.22. The largest absolute Gasteiger partial charge is 0.368 e. The number of hydrogen-bond donors (Lipinski definition) is 1. The maximum Gasteiger partial charge on any atom is 0.244 e. The highest BCUT2D eigenvalue weighted by Gasteiger charge is 1.97. The van der Waals surface area contributed by atoms with E-state index in [0.29, 0.717) is 5.82 Å². The van der Waals surface area contributed by atoms with Crippen molar-refractivity contribution in [3.05, 3.63) is 41.6 Å². The summed E-state index contributed by atoms with van der Waals surface area (Å²) < 4.78 is 0. The Morgan fingerprint density at radius 1 is 1.31 bits per heavy atom. The fourth-order valence-corrected chi connectivity index (χ4v) is 1.38. The molecule has 5 nitrogen and oxygen atoms in total. The predicted molar refractivity (Wildman–Crippen MR) is 61.3 cm³/mol. The first-order chi connectivity index (χ1) is 7.84. The van der Waals surface area contributed by atoms with Crippen LogP contribution in [0.4, 0.5) is 5.82 Å². The summed E-state index contributed by atoms with van der Waals surface area (Å²) in [6.45, 7) is 0.751. The molecule has 0 aliphatic rings. The lowest BCUT2D eigenvalue weighted by molar-refractivity contribution is 0.941. The van der Waals surface area contributed by atoms with Gasteiger partial charge in [0, 0.05) is 18.9 Å². The average Bonchev–Trinajstić information content (AvgIpc) is 2.30. The van der Waals surface area contributed by atoms with E-state index in [1.54, 1.807) is 6.20 Å². The third kappa shape index (κ3) is 3.13. The Kier molecular flexibility index (Phi) is 3.61. The van der Waals surface area contributed by atoms with E-state index in [9.17, 15) is 0 Å². The number of hydrogen-bond acceptors (Lipinski definition) is 5. The summed E-state index contributed by atoms with van der Waals surface area (Å²) in [7, 11) is 0. The monoisotopic (exact) mass is 235 g/mol. The van der Waals surface area contributed by atoms with E-state index in [-0.39, 0.29) is 5.28 Å². The van der Waals surface area contributed by atoms with Crippen molar-refractivity contribution in [2.24, 2.45) is 0 Å². The van der Waals surface area contributed by atoms with Crippen molar-refractivity contribution in [3.63, 3.8) is 0 Å². The van der Waals surface area contributed by atoms with Gasteiger partial charge in [-0.2, -0.15) is 10.1 Å². The molecule has 0 unspecified atom stereocenters. The lowest BCUT2D eigenvalue weighted by Gasteiger charge is -2.04. The quantitative estimate of drug-likeness (QED) is 0.872. The molecule has 0 saturated heterocycles. The molecular formula is C10H10ClN5. The Hall–Kier alpha value is -1.75. The number of aromatic nitrogens is 4. The summed E-state index contributed by atoms with van der Waals surface area (Å²) >= 11 is 5.61. The molecule has 2 heterocycles. The van der Waals surface area contributed by atoms with Gasteiger partial charge in [0.25, 0.3) is 0 Å². The van der Waals surface area contributed by atoms with Crippen molar-refractivity contribution in [1.82, 2.24) is 20.2 Å². The molecule has 0 atom stereocenters. The molecule has 2 rings (SSSR count). The topological polar surface area (TPSA) is 63.6 Å². The number of anilines is 1. The zero-order valence-electron chi connectivity index (χ0n) is 8.47. The van der Waals surface area contributed by atoms with E-state index < -0.39 is 0 Å². The molecule has 0 fully saturated rings. The van der Waals surface area contributed by atoms with E-state index in [2.05, 4.69) is 25.5 Å². The van der Waals surface area contributed by atoms with Gasteiger partial charge in [0.05, 0.1) is 6.20 Å². The maximum absolute atomic E-state index is 5.61. The second-order valence-corrected chi connectivity index (χ2v) is 3.49. The third-order valence-electron chi connectivity index (χ3n) is 1.98. The van der Waals surface area contributed by atoms with E-state index >= 15 is 0 Å². The van der Waals surface area contributed by atoms with Crippen molar-refractivity contribution in [2.75, 3.05) is 11.9 Å². The number of pyridine rings is 1. The highest BCUT2D eigenvalue weighted by Crippen LogP contribution is 2.04. The van der Waals surface area contributed by atoms with Crippen molar-refractivity contribution >= 4 is 17.4 Å². The molecule has 2 aromatic rings. The molecule has 0 radical (unpaired) electrons. The molecule has 6 heteroatoms. The van der Waals surface area contributed by atoms with Gasteiger partial charge in [-0.05, 0) is 29.7 Å². The molecule has 0 aliphatic carbocycles. The van der Waals surface area contributed by atoms with Crippen molar-refractivity contribution < 1.29 is 0 Å². The molecule has 82 valence electrons. The Morgan fingerprint density at radius 3 is 3.00 bits per heavy atom.